The van der Waals surface area contributed by atoms with Crippen molar-refractivity contribution in [2.24, 2.45) is 5.92 Å². The Morgan fingerprint density at radius 3 is 2.46 bits per heavy atom. The summed E-state index contributed by atoms with van der Waals surface area (Å²) in [5, 5.41) is 15.4. The molecule has 0 saturated heterocycles. The van der Waals surface area contributed by atoms with E-state index in [4.69, 9.17) is 0 Å². The van der Waals surface area contributed by atoms with E-state index in [2.05, 4.69) is 20.8 Å². The number of hydrogen-bond acceptors (Lipinski definition) is 6. The monoisotopic (exact) mass is 520 g/mol. The van der Waals surface area contributed by atoms with Gasteiger partial charge in [-0.3, -0.25) is 23.4 Å². The predicted molar refractivity (Wildman–Crippen MR) is 147 cm³/mol. The molecule has 4 rings (SSSR count). The number of nitrogens with zero attached hydrogens (tertiary/aromatic N) is 4. The number of benzene rings is 2. The third-order valence-corrected chi connectivity index (χ3v) is 6.97. The highest BCUT2D eigenvalue weighted by Crippen LogP contribution is 2.23. The zero-order valence-corrected chi connectivity index (χ0v) is 22.6. The average Bonchev–Trinajstić information content (AvgIpc) is 3.30. The topological polar surface area (TPSA) is 110 Å². The molecule has 10 heteroatoms. The van der Waals surface area contributed by atoms with E-state index >= 15 is 0 Å². The Labute approximate surface area is 219 Å². The van der Waals surface area contributed by atoms with Crippen molar-refractivity contribution in [3.05, 3.63) is 63.9 Å². The molecule has 0 spiro atoms. The van der Waals surface area contributed by atoms with Gasteiger partial charge in [0.2, 0.25) is 11.7 Å². The van der Waals surface area contributed by atoms with Crippen molar-refractivity contribution in [1.82, 2.24) is 24.5 Å². The van der Waals surface area contributed by atoms with Gasteiger partial charge in [0.1, 0.15) is 0 Å². The molecule has 1 atom stereocenters. The molecule has 0 radical (unpaired) electrons. The zero-order valence-electron chi connectivity index (χ0n) is 21.7. The first-order valence-corrected chi connectivity index (χ1v) is 13.4. The number of anilines is 1. The van der Waals surface area contributed by atoms with Gasteiger partial charge in [-0.05, 0) is 56.5 Å². The van der Waals surface area contributed by atoms with Crippen LogP contribution in [0.4, 0.5) is 5.69 Å². The van der Waals surface area contributed by atoms with Gasteiger partial charge >= 0.3 is 0 Å². The van der Waals surface area contributed by atoms with E-state index in [1.807, 2.05) is 58.9 Å². The molecule has 9 nitrogen and oxygen atoms in total. The molecule has 37 heavy (non-hydrogen) atoms. The van der Waals surface area contributed by atoms with E-state index in [1.54, 1.807) is 27.2 Å². The first kappa shape index (κ1) is 26.4. The number of thioether (sulfide) groups is 1. The van der Waals surface area contributed by atoms with Gasteiger partial charge in [0.05, 0.1) is 16.7 Å². The largest absolute Gasteiger partial charge is 0.350 e. The van der Waals surface area contributed by atoms with E-state index in [0.29, 0.717) is 33.9 Å². The summed E-state index contributed by atoms with van der Waals surface area (Å²) < 4.78 is 3.37. The number of amides is 2. The van der Waals surface area contributed by atoms with Crippen molar-refractivity contribution in [2.45, 2.75) is 58.8 Å². The molecular weight excluding hydrogens is 488 g/mol. The number of hydrogen-bond donors (Lipinski definition) is 2. The van der Waals surface area contributed by atoms with Crippen LogP contribution in [0.5, 0.6) is 0 Å². The van der Waals surface area contributed by atoms with E-state index in [1.165, 1.54) is 11.8 Å². The number of carbonyl (C=O) groups excluding carboxylic acids is 2. The van der Waals surface area contributed by atoms with Gasteiger partial charge in [0.25, 0.3) is 11.5 Å². The van der Waals surface area contributed by atoms with Crippen molar-refractivity contribution in [3.63, 3.8) is 0 Å². The molecule has 0 bridgehead atoms. The molecule has 2 N–H and O–H groups in total. The Morgan fingerprint density at radius 1 is 1.05 bits per heavy atom. The Bertz CT molecular complexity index is 1510. The van der Waals surface area contributed by atoms with Gasteiger partial charge in [0.15, 0.2) is 5.16 Å². The molecule has 2 aromatic heterocycles. The van der Waals surface area contributed by atoms with Crippen LogP contribution in [0.2, 0.25) is 0 Å². The first-order chi connectivity index (χ1) is 17.7. The summed E-state index contributed by atoms with van der Waals surface area (Å²) in [6, 6.07) is 12.6. The second kappa shape index (κ2) is 11.2. The molecule has 2 aromatic carbocycles. The molecule has 4 aromatic rings. The molecule has 0 aliphatic rings. The Hall–Kier alpha value is -3.66. The molecule has 0 saturated carbocycles. The molecular formula is C27H32N6O3S. The van der Waals surface area contributed by atoms with E-state index < -0.39 is 0 Å². The van der Waals surface area contributed by atoms with Crippen molar-refractivity contribution < 1.29 is 9.59 Å². The summed E-state index contributed by atoms with van der Waals surface area (Å²) in [6.45, 7) is 10.4. The third-order valence-electron chi connectivity index (χ3n) is 6.04. The van der Waals surface area contributed by atoms with Crippen LogP contribution in [0.1, 0.15) is 50.0 Å². The molecule has 194 valence electrons. The average molecular weight is 521 g/mol. The van der Waals surface area contributed by atoms with Gasteiger partial charge in [-0.25, -0.2) is 0 Å². The van der Waals surface area contributed by atoms with Crippen LogP contribution < -0.4 is 16.2 Å². The van der Waals surface area contributed by atoms with Crippen molar-refractivity contribution in [2.75, 3.05) is 11.1 Å². The highest BCUT2D eigenvalue weighted by atomic mass is 32.2. The maximum atomic E-state index is 13.4. The van der Waals surface area contributed by atoms with Crippen LogP contribution in [0, 0.1) is 12.8 Å². The fourth-order valence-corrected chi connectivity index (χ4v) is 4.66. The van der Waals surface area contributed by atoms with Crippen molar-refractivity contribution in [1.29, 1.82) is 0 Å². The van der Waals surface area contributed by atoms with Crippen LogP contribution in [0.25, 0.3) is 16.7 Å². The van der Waals surface area contributed by atoms with Crippen LogP contribution in [-0.2, 0) is 11.3 Å². The lowest BCUT2D eigenvalue weighted by Crippen LogP contribution is -2.32. The smallest absolute Gasteiger partial charge is 0.262 e. The molecule has 2 heterocycles. The minimum absolute atomic E-state index is 0.0235. The summed E-state index contributed by atoms with van der Waals surface area (Å²) in [6.07, 6.45) is 0.806. The maximum absolute atomic E-state index is 13.4. The summed E-state index contributed by atoms with van der Waals surface area (Å²) in [4.78, 5) is 38.9. The van der Waals surface area contributed by atoms with Crippen LogP contribution in [0.3, 0.4) is 0 Å². The lowest BCUT2D eigenvalue weighted by atomic mass is 10.1. The van der Waals surface area contributed by atoms with Crippen LogP contribution in [-0.4, -0.2) is 42.8 Å². The third kappa shape index (κ3) is 5.85. The van der Waals surface area contributed by atoms with Crippen molar-refractivity contribution in [3.8, 4) is 0 Å². The quantitative estimate of drug-likeness (QED) is 0.319. The fourth-order valence-electron chi connectivity index (χ4n) is 3.92. The van der Waals surface area contributed by atoms with E-state index in [0.717, 1.165) is 17.7 Å². The van der Waals surface area contributed by atoms with Gasteiger partial charge in [0, 0.05) is 23.8 Å². The Kier molecular flexibility index (Phi) is 7.97. The highest BCUT2D eigenvalue weighted by molar-refractivity contribution is 7.99. The second-order valence-electron chi connectivity index (χ2n) is 9.65. The van der Waals surface area contributed by atoms with E-state index in [9.17, 15) is 14.4 Å². The summed E-state index contributed by atoms with van der Waals surface area (Å²) >= 11 is 1.23. The van der Waals surface area contributed by atoms with Gasteiger partial charge in [-0.2, -0.15) is 0 Å². The van der Waals surface area contributed by atoms with Gasteiger partial charge < -0.3 is 10.6 Å². The van der Waals surface area contributed by atoms with Crippen LogP contribution >= 0.6 is 11.8 Å². The molecule has 2 amide bonds. The summed E-state index contributed by atoms with van der Waals surface area (Å²) in [5.74, 6) is 0.294. The standard InChI is InChI=1S/C27H32N6O3S/c1-6-18(5)28-24(35)19-9-12-21-22(13-19)33-26(32(25(21)36)14-16(2)3)30-31-27(33)37-15-23(34)29-20-10-7-17(4)8-11-20/h7-13,16,18H,6,14-15H2,1-5H3,(H,28,35)(H,29,34). The minimum Gasteiger partial charge on any atom is -0.350 e. The number of carbonyl (C=O) groups is 2. The Balaban J connectivity index is 1.73. The van der Waals surface area contributed by atoms with Crippen molar-refractivity contribution >= 4 is 45.9 Å². The molecule has 0 fully saturated rings. The molecule has 0 aliphatic carbocycles. The first-order valence-electron chi connectivity index (χ1n) is 12.4. The lowest BCUT2D eigenvalue weighted by molar-refractivity contribution is -0.113. The van der Waals surface area contributed by atoms with E-state index in [-0.39, 0.29) is 35.1 Å². The number of fused-ring (bicyclic) bond motifs is 3. The molecule has 0 aliphatic heterocycles. The number of aryl methyl sites for hydroxylation is 1. The predicted octanol–water partition coefficient (Wildman–Crippen LogP) is 4.27. The normalized spacial score (nSPS) is 12.3. The maximum Gasteiger partial charge on any atom is 0.262 e. The zero-order chi connectivity index (χ0) is 26.7. The number of aromatic nitrogens is 4. The second-order valence-corrected chi connectivity index (χ2v) is 10.6. The number of nitrogens with one attached hydrogen (secondary N) is 2. The Morgan fingerprint density at radius 2 is 1.78 bits per heavy atom. The van der Waals surface area contributed by atoms with Gasteiger partial charge in [-0.1, -0.05) is 50.2 Å². The SMILES string of the molecule is CCC(C)NC(=O)c1ccc2c(=O)n(CC(C)C)c3nnc(SCC(=O)Nc4ccc(C)cc4)n3c2c1. The highest BCUT2D eigenvalue weighted by Gasteiger charge is 2.20. The lowest BCUT2D eigenvalue weighted by Gasteiger charge is -2.15. The fraction of sp³-hybridized carbons (Fsp3) is 0.370. The minimum atomic E-state index is -0.212. The number of rotatable bonds is 9. The van der Waals surface area contributed by atoms with Crippen LogP contribution in [0.15, 0.2) is 52.4 Å². The van der Waals surface area contributed by atoms with Gasteiger partial charge in [-0.15, -0.1) is 10.2 Å². The summed E-state index contributed by atoms with van der Waals surface area (Å²) in [7, 11) is 0. The molecule has 1 unspecified atom stereocenters. The summed E-state index contributed by atoms with van der Waals surface area (Å²) in [5.41, 5.74) is 2.61.